The first-order valence-electron chi connectivity index (χ1n) is 8.08. The number of amides is 2. The highest BCUT2D eigenvalue weighted by Crippen LogP contribution is 2.15. The molecule has 0 saturated carbocycles. The summed E-state index contributed by atoms with van der Waals surface area (Å²) in [5, 5.41) is 6.19. The molecule has 0 atom stereocenters. The predicted octanol–water partition coefficient (Wildman–Crippen LogP) is 3.44. The molecule has 1 saturated heterocycles. The maximum Gasteiger partial charge on any atom is 0.319 e. The van der Waals surface area contributed by atoms with Crippen molar-refractivity contribution < 1.29 is 4.79 Å². The summed E-state index contributed by atoms with van der Waals surface area (Å²) in [7, 11) is 0. The van der Waals surface area contributed by atoms with Crippen molar-refractivity contribution in [1.82, 2.24) is 15.3 Å². The van der Waals surface area contributed by atoms with Crippen LogP contribution >= 0.6 is 11.6 Å². The van der Waals surface area contributed by atoms with Crippen molar-refractivity contribution in [2.45, 2.75) is 25.8 Å². The lowest BCUT2D eigenvalue weighted by atomic mass is 10.1. The van der Waals surface area contributed by atoms with Crippen LogP contribution in [-0.2, 0) is 6.54 Å². The minimum absolute atomic E-state index is 0.282. The van der Waals surface area contributed by atoms with E-state index in [0.717, 1.165) is 24.7 Å². The summed E-state index contributed by atoms with van der Waals surface area (Å²) in [6.45, 7) is 2.34. The maximum absolute atomic E-state index is 11.9. The first kappa shape index (κ1) is 16.5. The van der Waals surface area contributed by atoms with Crippen LogP contribution < -0.4 is 15.5 Å². The van der Waals surface area contributed by atoms with E-state index < -0.39 is 0 Å². The van der Waals surface area contributed by atoms with Gasteiger partial charge in [0.2, 0.25) is 5.95 Å². The molecule has 0 spiro atoms. The molecule has 0 radical (unpaired) electrons. The van der Waals surface area contributed by atoms with Crippen LogP contribution in [0.2, 0.25) is 5.02 Å². The second-order valence-electron chi connectivity index (χ2n) is 5.71. The molecule has 2 amide bonds. The summed E-state index contributed by atoms with van der Waals surface area (Å²) in [6.07, 6.45) is 5.36. The van der Waals surface area contributed by atoms with Crippen molar-refractivity contribution in [1.29, 1.82) is 0 Å². The van der Waals surface area contributed by atoms with Crippen LogP contribution in [0.15, 0.2) is 36.5 Å². The van der Waals surface area contributed by atoms with Crippen molar-refractivity contribution in [2.75, 3.05) is 23.3 Å². The third kappa shape index (κ3) is 4.58. The Morgan fingerprint density at radius 1 is 1.12 bits per heavy atom. The number of nitrogens with one attached hydrogen (secondary N) is 2. The molecule has 0 aliphatic carbocycles. The van der Waals surface area contributed by atoms with E-state index in [1.165, 1.54) is 19.3 Å². The molecule has 2 N–H and O–H groups in total. The number of piperidine rings is 1. The highest BCUT2D eigenvalue weighted by molar-refractivity contribution is 6.30. The second kappa shape index (κ2) is 7.97. The van der Waals surface area contributed by atoms with Gasteiger partial charge in [-0.2, -0.15) is 0 Å². The summed E-state index contributed by atoms with van der Waals surface area (Å²) in [4.78, 5) is 23.0. The molecule has 0 bridgehead atoms. The smallest absolute Gasteiger partial charge is 0.319 e. The molecule has 2 heterocycles. The van der Waals surface area contributed by atoms with Gasteiger partial charge in [-0.05, 0) is 49.6 Å². The number of benzene rings is 1. The second-order valence-corrected chi connectivity index (χ2v) is 6.15. The van der Waals surface area contributed by atoms with Crippen molar-refractivity contribution in [3.63, 3.8) is 0 Å². The molecule has 7 heteroatoms. The fourth-order valence-corrected chi connectivity index (χ4v) is 2.73. The van der Waals surface area contributed by atoms with Gasteiger partial charge in [0.15, 0.2) is 0 Å². The molecular formula is C17H20ClN5O. The Morgan fingerprint density at radius 3 is 2.62 bits per heavy atom. The highest BCUT2D eigenvalue weighted by atomic mass is 35.5. The van der Waals surface area contributed by atoms with E-state index in [9.17, 15) is 4.79 Å². The Bertz CT molecular complexity index is 686. The Kier molecular flexibility index (Phi) is 5.48. The number of hydrogen-bond donors (Lipinski definition) is 2. The van der Waals surface area contributed by atoms with Crippen LogP contribution in [0.4, 0.5) is 16.4 Å². The van der Waals surface area contributed by atoms with E-state index in [4.69, 9.17) is 11.6 Å². The molecule has 126 valence electrons. The largest absolute Gasteiger partial charge is 0.341 e. The Hall–Kier alpha value is -2.34. The summed E-state index contributed by atoms with van der Waals surface area (Å²) in [6, 6.07) is 8.49. The zero-order valence-electron chi connectivity index (χ0n) is 13.3. The van der Waals surface area contributed by atoms with Gasteiger partial charge in [-0.3, -0.25) is 0 Å². The molecule has 3 rings (SSSR count). The number of urea groups is 1. The molecule has 1 aromatic carbocycles. The number of anilines is 2. The quantitative estimate of drug-likeness (QED) is 0.890. The summed E-state index contributed by atoms with van der Waals surface area (Å²) in [5.41, 5.74) is 1.48. The lowest BCUT2D eigenvalue weighted by Gasteiger charge is -2.26. The van der Waals surface area contributed by atoms with E-state index in [-0.39, 0.29) is 6.03 Å². The van der Waals surface area contributed by atoms with E-state index in [2.05, 4.69) is 25.5 Å². The third-order valence-corrected chi connectivity index (χ3v) is 4.12. The minimum Gasteiger partial charge on any atom is -0.341 e. The van der Waals surface area contributed by atoms with Gasteiger partial charge in [0.25, 0.3) is 0 Å². The average molecular weight is 346 g/mol. The van der Waals surface area contributed by atoms with Gasteiger partial charge in [-0.1, -0.05) is 11.6 Å². The van der Waals surface area contributed by atoms with E-state index in [1.54, 1.807) is 30.5 Å². The zero-order chi connectivity index (χ0) is 16.8. The van der Waals surface area contributed by atoms with Crippen molar-refractivity contribution >= 4 is 29.3 Å². The van der Waals surface area contributed by atoms with Gasteiger partial charge in [0, 0.05) is 30.0 Å². The fraction of sp³-hybridized carbons (Fsp3) is 0.353. The molecule has 2 aromatic rings. The summed E-state index contributed by atoms with van der Waals surface area (Å²) < 4.78 is 0. The highest BCUT2D eigenvalue weighted by Gasteiger charge is 2.13. The van der Waals surface area contributed by atoms with Crippen molar-refractivity contribution in [3.8, 4) is 0 Å². The third-order valence-electron chi connectivity index (χ3n) is 3.87. The van der Waals surface area contributed by atoms with E-state index in [0.29, 0.717) is 17.3 Å². The molecular weight excluding hydrogens is 326 g/mol. The number of carbonyl (C=O) groups excluding carboxylic acids is 1. The van der Waals surface area contributed by atoms with Gasteiger partial charge in [-0.25, -0.2) is 14.8 Å². The topological polar surface area (TPSA) is 70.2 Å². The monoisotopic (exact) mass is 345 g/mol. The van der Waals surface area contributed by atoms with Crippen LogP contribution in [0.25, 0.3) is 0 Å². The van der Waals surface area contributed by atoms with Gasteiger partial charge in [-0.15, -0.1) is 0 Å². The van der Waals surface area contributed by atoms with Crippen molar-refractivity contribution in [2.24, 2.45) is 0 Å². The standard InChI is InChI=1S/C17H20ClN5O/c18-13-4-6-14(7-5-13)22-17(24)20-12-15-8-9-19-16(21-15)23-10-2-1-3-11-23/h4-9H,1-3,10-12H2,(H2,20,22,24). The first-order chi connectivity index (χ1) is 11.7. The van der Waals surface area contributed by atoms with E-state index in [1.807, 2.05) is 6.07 Å². The Balaban J connectivity index is 1.54. The van der Waals surface area contributed by atoms with E-state index >= 15 is 0 Å². The van der Waals surface area contributed by atoms with Crippen LogP contribution in [0.5, 0.6) is 0 Å². The first-order valence-corrected chi connectivity index (χ1v) is 8.46. The number of halogens is 1. The van der Waals surface area contributed by atoms with Crippen LogP contribution in [0, 0.1) is 0 Å². The maximum atomic E-state index is 11.9. The van der Waals surface area contributed by atoms with Gasteiger partial charge >= 0.3 is 6.03 Å². The SMILES string of the molecule is O=C(NCc1ccnc(N2CCCCC2)n1)Nc1ccc(Cl)cc1. The lowest BCUT2D eigenvalue weighted by molar-refractivity contribution is 0.251. The molecule has 1 aromatic heterocycles. The van der Waals surface area contributed by atoms with Gasteiger partial charge in [0.1, 0.15) is 0 Å². The number of aromatic nitrogens is 2. The minimum atomic E-state index is -0.282. The fourth-order valence-electron chi connectivity index (χ4n) is 2.61. The molecule has 6 nitrogen and oxygen atoms in total. The van der Waals surface area contributed by atoms with Crippen LogP contribution in [0.1, 0.15) is 25.0 Å². The van der Waals surface area contributed by atoms with Crippen LogP contribution in [0.3, 0.4) is 0 Å². The molecule has 1 aliphatic rings. The normalized spacial score (nSPS) is 14.3. The Morgan fingerprint density at radius 2 is 1.88 bits per heavy atom. The van der Waals surface area contributed by atoms with Gasteiger partial charge in [0.05, 0.1) is 12.2 Å². The van der Waals surface area contributed by atoms with Crippen LogP contribution in [-0.4, -0.2) is 29.1 Å². The zero-order valence-corrected chi connectivity index (χ0v) is 14.1. The summed E-state index contributed by atoms with van der Waals surface area (Å²) >= 11 is 5.82. The average Bonchev–Trinajstić information content (AvgIpc) is 2.63. The Labute approximate surface area is 146 Å². The molecule has 1 aliphatic heterocycles. The lowest BCUT2D eigenvalue weighted by Crippen LogP contribution is -2.32. The molecule has 0 unspecified atom stereocenters. The molecule has 1 fully saturated rings. The predicted molar refractivity (Wildman–Crippen MR) is 95.4 cm³/mol. The number of hydrogen-bond acceptors (Lipinski definition) is 4. The molecule has 24 heavy (non-hydrogen) atoms. The summed E-state index contributed by atoms with van der Waals surface area (Å²) in [5.74, 6) is 0.743. The number of nitrogens with zero attached hydrogens (tertiary/aromatic N) is 3. The van der Waals surface area contributed by atoms with Gasteiger partial charge < -0.3 is 15.5 Å². The number of rotatable bonds is 4. The number of carbonyl (C=O) groups is 1. The van der Waals surface area contributed by atoms with Crippen molar-refractivity contribution in [3.05, 3.63) is 47.2 Å².